The summed E-state index contributed by atoms with van der Waals surface area (Å²) in [6.07, 6.45) is -1.17. The maximum atomic E-state index is 15.0. The Bertz CT molecular complexity index is 1270. The normalized spacial score (nSPS) is 18.7. The van der Waals surface area contributed by atoms with Crippen LogP contribution in [-0.2, 0) is 20.5 Å². The number of likely N-dealkylation sites (tertiary alicyclic amines) is 1. The second kappa shape index (κ2) is 12.6. The number of guanidine groups is 1. The first-order valence-corrected chi connectivity index (χ1v) is 13.1. The van der Waals surface area contributed by atoms with Crippen LogP contribution in [0.4, 0.5) is 28.9 Å². The van der Waals surface area contributed by atoms with Crippen LogP contribution in [-0.4, -0.2) is 56.6 Å². The van der Waals surface area contributed by atoms with Gasteiger partial charge in [0.05, 0.1) is 43.6 Å². The number of alkyl halides is 3. The van der Waals surface area contributed by atoms with Crippen molar-refractivity contribution in [2.24, 2.45) is 4.99 Å². The Morgan fingerprint density at radius 2 is 1.95 bits per heavy atom. The summed E-state index contributed by atoms with van der Waals surface area (Å²) in [5.41, 5.74) is -0.515. The Kier molecular flexibility index (Phi) is 9.16. The number of halogens is 4. The van der Waals surface area contributed by atoms with Crippen LogP contribution < -0.4 is 15.0 Å². The van der Waals surface area contributed by atoms with E-state index >= 15 is 0 Å². The third kappa shape index (κ3) is 6.48. The zero-order valence-corrected chi connectivity index (χ0v) is 22.4. The van der Waals surface area contributed by atoms with Gasteiger partial charge in [0, 0.05) is 31.6 Å². The lowest BCUT2D eigenvalue weighted by Crippen LogP contribution is -2.45. The number of fused-ring (bicyclic) bond motifs is 1. The van der Waals surface area contributed by atoms with Crippen molar-refractivity contribution in [2.45, 2.75) is 50.7 Å². The maximum Gasteiger partial charge on any atom is 0.416 e. The van der Waals surface area contributed by atoms with E-state index < -0.39 is 29.6 Å². The van der Waals surface area contributed by atoms with Crippen molar-refractivity contribution in [2.75, 3.05) is 44.1 Å². The van der Waals surface area contributed by atoms with Gasteiger partial charge in [-0.15, -0.1) is 0 Å². The molecular weight excluding hydrogens is 532 g/mol. The topological polar surface area (TPSA) is 83.5 Å². The number of rotatable bonds is 8. The van der Waals surface area contributed by atoms with Crippen LogP contribution in [0.15, 0.2) is 41.4 Å². The number of nitrogens with zero attached hydrogens (tertiary/aromatic N) is 3. The second-order valence-corrected chi connectivity index (χ2v) is 9.63. The standard InChI is InChI=1S/C28H32F4N4O4/c1-39-23-12-11-18(28(30,31)32)16-22(23)36-21(17-25(38)40-2)19-8-6-9-20(29)26(19)34-27(36)33-13-7-15-35-14-5-3-4-10-24(35)37/h6,8-9,11-12,16,21H,3-5,7,10,13-15,17H2,1-2H3,(H,33,34). The number of carbonyl (C=O) groups is 2. The minimum absolute atomic E-state index is 0.00455. The fraction of sp³-hybridized carbons (Fsp3) is 0.464. The van der Waals surface area contributed by atoms with Gasteiger partial charge >= 0.3 is 12.1 Å². The molecule has 40 heavy (non-hydrogen) atoms. The fourth-order valence-corrected chi connectivity index (χ4v) is 5.03. The number of hydrogen-bond acceptors (Lipinski definition) is 5. The predicted molar refractivity (Wildman–Crippen MR) is 142 cm³/mol. The zero-order valence-electron chi connectivity index (χ0n) is 22.4. The highest BCUT2D eigenvalue weighted by molar-refractivity contribution is 6.10. The van der Waals surface area contributed by atoms with Gasteiger partial charge in [-0.2, -0.15) is 13.2 Å². The number of carbonyl (C=O) groups excluding carboxylic acids is 2. The number of nitrogens with one attached hydrogen (secondary N) is 1. The first-order valence-electron chi connectivity index (χ1n) is 13.1. The first kappa shape index (κ1) is 29.2. The van der Waals surface area contributed by atoms with Gasteiger partial charge in [-0.1, -0.05) is 18.6 Å². The summed E-state index contributed by atoms with van der Waals surface area (Å²) in [4.78, 5) is 32.7. The van der Waals surface area contributed by atoms with E-state index in [9.17, 15) is 27.2 Å². The largest absolute Gasteiger partial charge is 0.495 e. The monoisotopic (exact) mass is 564 g/mol. The molecule has 216 valence electrons. The van der Waals surface area contributed by atoms with Gasteiger partial charge in [0.1, 0.15) is 11.6 Å². The van der Waals surface area contributed by atoms with Crippen LogP contribution in [0.5, 0.6) is 5.75 Å². The van der Waals surface area contributed by atoms with Crippen molar-refractivity contribution in [1.82, 2.24) is 4.90 Å². The van der Waals surface area contributed by atoms with E-state index in [0.29, 0.717) is 31.5 Å². The molecule has 1 fully saturated rings. The van der Waals surface area contributed by atoms with Crippen LogP contribution in [0, 0.1) is 5.82 Å². The lowest BCUT2D eigenvalue weighted by Gasteiger charge is -2.40. The summed E-state index contributed by atoms with van der Waals surface area (Å²) < 4.78 is 66.5. The van der Waals surface area contributed by atoms with E-state index in [1.165, 1.54) is 37.3 Å². The minimum atomic E-state index is -4.65. The molecule has 0 aliphatic carbocycles. The van der Waals surface area contributed by atoms with Gasteiger partial charge in [-0.25, -0.2) is 4.39 Å². The molecule has 2 aliphatic heterocycles. The highest BCUT2D eigenvalue weighted by Crippen LogP contribution is 2.44. The van der Waals surface area contributed by atoms with Crippen LogP contribution in [0.1, 0.15) is 55.7 Å². The third-order valence-electron chi connectivity index (χ3n) is 7.05. The number of para-hydroxylation sites is 1. The van der Waals surface area contributed by atoms with Gasteiger partial charge in [0.2, 0.25) is 11.9 Å². The molecule has 2 aliphatic rings. The lowest BCUT2D eigenvalue weighted by molar-refractivity contribution is -0.141. The molecule has 0 radical (unpaired) electrons. The van der Waals surface area contributed by atoms with Crippen molar-refractivity contribution < 1.29 is 36.6 Å². The van der Waals surface area contributed by atoms with E-state index in [2.05, 4.69) is 10.3 Å². The predicted octanol–water partition coefficient (Wildman–Crippen LogP) is 5.54. The summed E-state index contributed by atoms with van der Waals surface area (Å²) in [5.74, 6) is -1.01. The quantitative estimate of drug-likeness (QED) is 0.258. The molecule has 2 aromatic carbocycles. The van der Waals surface area contributed by atoms with E-state index in [4.69, 9.17) is 9.47 Å². The van der Waals surface area contributed by atoms with Crippen LogP contribution >= 0.6 is 0 Å². The number of esters is 1. The number of benzene rings is 2. The van der Waals surface area contributed by atoms with Crippen LogP contribution in [0.3, 0.4) is 0 Å². The molecule has 8 nitrogen and oxygen atoms in total. The summed E-state index contributed by atoms with van der Waals surface area (Å²) in [5, 5.41) is 2.93. The Balaban J connectivity index is 1.76. The smallest absolute Gasteiger partial charge is 0.416 e. The number of methoxy groups -OCH3 is 2. The summed E-state index contributed by atoms with van der Waals surface area (Å²) in [6.45, 7) is 1.33. The van der Waals surface area contributed by atoms with Crippen molar-refractivity contribution in [3.05, 3.63) is 53.3 Å². The van der Waals surface area contributed by atoms with Gasteiger partial charge in [-0.3, -0.25) is 14.6 Å². The van der Waals surface area contributed by atoms with E-state index in [0.717, 1.165) is 31.4 Å². The van der Waals surface area contributed by atoms with Crippen molar-refractivity contribution in [3.63, 3.8) is 0 Å². The number of amides is 1. The highest BCUT2D eigenvalue weighted by atomic mass is 19.4. The molecule has 0 aromatic heterocycles. The number of aliphatic imine (C=N–C) groups is 1. The molecule has 0 spiro atoms. The number of hydrogen-bond donors (Lipinski definition) is 1. The second-order valence-electron chi connectivity index (χ2n) is 9.63. The van der Waals surface area contributed by atoms with Crippen molar-refractivity contribution in [3.8, 4) is 5.75 Å². The first-order chi connectivity index (χ1) is 19.1. The Morgan fingerprint density at radius 3 is 2.67 bits per heavy atom. The van der Waals surface area contributed by atoms with E-state index in [-0.39, 0.29) is 42.0 Å². The highest BCUT2D eigenvalue weighted by Gasteiger charge is 2.39. The minimum Gasteiger partial charge on any atom is -0.495 e. The zero-order chi connectivity index (χ0) is 28.9. The lowest BCUT2D eigenvalue weighted by atomic mass is 9.96. The molecule has 1 N–H and O–H groups in total. The van der Waals surface area contributed by atoms with Crippen LogP contribution in [0.2, 0.25) is 0 Å². The Labute approximate surface area is 229 Å². The molecular formula is C28H32F4N4O4. The summed E-state index contributed by atoms with van der Waals surface area (Å²) >= 11 is 0. The fourth-order valence-electron chi connectivity index (χ4n) is 5.03. The summed E-state index contributed by atoms with van der Waals surface area (Å²) in [7, 11) is 2.52. The Hall–Kier alpha value is -3.83. The Morgan fingerprint density at radius 1 is 1.15 bits per heavy atom. The molecule has 1 amide bonds. The molecule has 0 saturated carbocycles. The van der Waals surface area contributed by atoms with Gasteiger partial charge < -0.3 is 24.6 Å². The molecule has 2 heterocycles. The molecule has 1 saturated heterocycles. The van der Waals surface area contributed by atoms with Gasteiger partial charge in [-0.05, 0) is 43.5 Å². The number of ether oxygens (including phenoxy) is 2. The SMILES string of the molecule is COC(=O)CC1c2cccc(F)c2NC(=NCCCN2CCCCCC2=O)N1c1cc(C(F)(F)F)ccc1OC. The molecule has 12 heteroatoms. The average molecular weight is 565 g/mol. The van der Waals surface area contributed by atoms with E-state index in [1.807, 2.05) is 0 Å². The van der Waals surface area contributed by atoms with Crippen molar-refractivity contribution >= 4 is 29.2 Å². The van der Waals surface area contributed by atoms with Gasteiger partial charge in [0.15, 0.2) is 0 Å². The number of anilines is 2. The average Bonchev–Trinajstić information content (AvgIpc) is 3.14. The van der Waals surface area contributed by atoms with E-state index in [1.54, 1.807) is 11.0 Å². The molecule has 2 aromatic rings. The molecule has 0 bridgehead atoms. The molecule has 1 atom stereocenters. The van der Waals surface area contributed by atoms with Gasteiger partial charge in [0.25, 0.3) is 0 Å². The maximum absolute atomic E-state index is 15.0. The summed E-state index contributed by atoms with van der Waals surface area (Å²) in [6, 6.07) is 6.34. The van der Waals surface area contributed by atoms with Crippen LogP contribution in [0.25, 0.3) is 0 Å². The molecule has 4 rings (SSSR count). The van der Waals surface area contributed by atoms with Crippen molar-refractivity contribution in [1.29, 1.82) is 0 Å². The third-order valence-corrected chi connectivity index (χ3v) is 7.05. The molecule has 1 unspecified atom stereocenters.